The molecule has 1 aromatic carbocycles. The second-order valence-electron chi connectivity index (χ2n) is 4.29. The van der Waals surface area contributed by atoms with Crippen molar-refractivity contribution >= 4 is 11.9 Å². The Morgan fingerprint density at radius 1 is 1.47 bits per heavy atom. The van der Waals surface area contributed by atoms with Gasteiger partial charge >= 0.3 is 0 Å². The lowest BCUT2D eigenvalue weighted by Crippen LogP contribution is -2.26. The first-order valence-electron chi connectivity index (χ1n) is 5.98. The van der Waals surface area contributed by atoms with Gasteiger partial charge in [0.05, 0.1) is 13.2 Å². The summed E-state index contributed by atoms with van der Waals surface area (Å²) in [5, 5.41) is 5.58. The van der Waals surface area contributed by atoms with Crippen LogP contribution in [0.1, 0.15) is 17.2 Å². The van der Waals surface area contributed by atoms with Crippen LogP contribution < -0.4 is 10.6 Å². The highest BCUT2D eigenvalue weighted by molar-refractivity contribution is 6.06. The van der Waals surface area contributed by atoms with Crippen LogP contribution in [0.2, 0.25) is 0 Å². The van der Waals surface area contributed by atoms with Gasteiger partial charge in [0.25, 0.3) is 5.91 Å². The third kappa shape index (κ3) is 3.08. The number of hydrogen-bond donors (Lipinski definition) is 2. The van der Waals surface area contributed by atoms with Crippen molar-refractivity contribution in [2.24, 2.45) is 4.99 Å². The van der Waals surface area contributed by atoms with E-state index < -0.39 is 6.04 Å². The number of carbonyl (C=O) groups excluding carboxylic acids is 1. The quantitative estimate of drug-likeness (QED) is 0.795. The molecule has 2 rings (SSSR count). The Kier molecular flexibility index (Phi) is 4.11. The number of nitrogens with zero attached hydrogens (tertiary/aromatic N) is 1. The lowest BCUT2D eigenvalue weighted by Gasteiger charge is -2.11. The van der Waals surface area contributed by atoms with E-state index in [2.05, 4.69) is 15.6 Å². The van der Waals surface area contributed by atoms with Crippen LogP contribution in [0.3, 0.4) is 0 Å². The number of rotatable bonds is 4. The summed E-state index contributed by atoms with van der Waals surface area (Å²) in [6.07, 6.45) is 0. The van der Waals surface area contributed by atoms with Crippen molar-refractivity contribution in [1.82, 2.24) is 10.6 Å². The summed E-state index contributed by atoms with van der Waals surface area (Å²) in [6.45, 7) is 2.77. The summed E-state index contributed by atoms with van der Waals surface area (Å²) in [5.41, 5.74) is 1.47. The number of hydrogen-bond acceptors (Lipinski definition) is 3. The molecule has 5 nitrogen and oxygen atoms in total. The van der Waals surface area contributed by atoms with Gasteiger partial charge in [0, 0.05) is 7.11 Å². The van der Waals surface area contributed by atoms with Crippen LogP contribution in [0, 0.1) is 12.7 Å². The van der Waals surface area contributed by atoms with E-state index in [0.29, 0.717) is 24.7 Å². The third-order valence-electron chi connectivity index (χ3n) is 2.90. The number of aliphatic imine (C=N–C) groups is 1. The number of benzene rings is 1. The van der Waals surface area contributed by atoms with Gasteiger partial charge in [-0.05, 0) is 30.2 Å². The number of aryl methyl sites for hydroxylation is 1. The average molecular weight is 265 g/mol. The van der Waals surface area contributed by atoms with Crippen LogP contribution in [-0.2, 0) is 9.53 Å². The van der Waals surface area contributed by atoms with E-state index in [0.717, 1.165) is 5.56 Å². The SMILES string of the molecule is COCCN=C1NC(=O)C(c2cc(F)ccc2C)N1. The maximum absolute atomic E-state index is 13.3. The molecule has 1 unspecified atom stereocenters. The molecule has 1 atom stereocenters. The molecule has 0 radical (unpaired) electrons. The predicted molar refractivity (Wildman–Crippen MR) is 69.3 cm³/mol. The molecule has 102 valence electrons. The molecule has 1 aliphatic rings. The molecule has 1 aliphatic heterocycles. The first-order chi connectivity index (χ1) is 9.11. The van der Waals surface area contributed by atoms with Crippen molar-refractivity contribution in [2.75, 3.05) is 20.3 Å². The molecule has 2 N–H and O–H groups in total. The number of methoxy groups -OCH3 is 1. The maximum Gasteiger partial charge on any atom is 0.253 e. The largest absolute Gasteiger partial charge is 0.383 e. The third-order valence-corrected chi connectivity index (χ3v) is 2.90. The van der Waals surface area contributed by atoms with Crippen molar-refractivity contribution < 1.29 is 13.9 Å². The Balaban J connectivity index is 2.16. The standard InChI is InChI=1S/C13H16FN3O2/c1-8-3-4-9(14)7-10(8)11-12(18)17-13(16-11)15-5-6-19-2/h3-4,7,11H,5-6H2,1-2H3,(H2,15,16,17,18). The van der Waals surface area contributed by atoms with Crippen LogP contribution in [0.25, 0.3) is 0 Å². The van der Waals surface area contributed by atoms with E-state index in [-0.39, 0.29) is 11.7 Å². The summed E-state index contributed by atoms with van der Waals surface area (Å²) in [5.74, 6) is -0.194. The van der Waals surface area contributed by atoms with Crippen LogP contribution in [0.5, 0.6) is 0 Å². The fourth-order valence-electron chi connectivity index (χ4n) is 1.90. The topological polar surface area (TPSA) is 62.7 Å². The highest BCUT2D eigenvalue weighted by Crippen LogP contribution is 2.21. The monoisotopic (exact) mass is 265 g/mol. The Labute approximate surface area is 110 Å². The van der Waals surface area contributed by atoms with Crippen LogP contribution in [0.15, 0.2) is 23.2 Å². The number of carbonyl (C=O) groups is 1. The minimum atomic E-state index is -0.600. The van der Waals surface area contributed by atoms with Crippen LogP contribution >= 0.6 is 0 Å². The molecule has 1 amide bonds. The number of halogens is 1. The van der Waals surface area contributed by atoms with Crippen molar-refractivity contribution in [3.8, 4) is 0 Å². The molecular formula is C13H16FN3O2. The molecule has 0 aliphatic carbocycles. The highest BCUT2D eigenvalue weighted by Gasteiger charge is 2.30. The van der Waals surface area contributed by atoms with Crippen molar-refractivity contribution in [3.05, 3.63) is 35.1 Å². The van der Waals surface area contributed by atoms with E-state index in [1.807, 2.05) is 6.92 Å². The summed E-state index contributed by atoms with van der Waals surface area (Å²) < 4.78 is 18.1. The summed E-state index contributed by atoms with van der Waals surface area (Å²) in [6, 6.07) is 3.79. The van der Waals surface area contributed by atoms with Crippen LogP contribution in [-0.4, -0.2) is 32.1 Å². The summed E-state index contributed by atoms with van der Waals surface area (Å²) >= 11 is 0. The zero-order valence-electron chi connectivity index (χ0n) is 10.9. The van der Waals surface area contributed by atoms with Gasteiger partial charge in [0.2, 0.25) is 0 Å². The van der Waals surface area contributed by atoms with Gasteiger partial charge in [-0.1, -0.05) is 6.07 Å². The summed E-state index contributed by atoms with van der Waals surface area (Å²) in [7, 11) is 1.58. The smallest absolute Gasteiger partial charge is 0.253 e. The molecular weight excluding hydrogens is 249 g/mol. The van der Waals surface area contributed by atoms with Crippen molar-refractivity contribution in [3.63, 3.8) is 0 Å². The molecule has 0 saturated carbocycles. The van der Waals surface area contributed by atoms with E-state index >= 15 is 0 Å². The summed E-state index contributed by atoms with van der Waals surface area (Å²) in [4.78, 5) is 16.0. The van der Waals surface area contributed by atoms with Gasteiger partial charge in [-0.15, -0.1) is 0 Å². The number of ether oxygens (including phenoxy) is 1. The maximum atomic E-state index is 13.3. The molecule has 0 spiro atoms. The van der Waals surface area contributed by atoms with Crippen molar-refractivity contribution in [1.29, 1.82) is 0 Å². The molecule has 0 bridgehead atoms. The zero-order chi connectivity index (χ0) is 13.8. The Bertz CT molecular complexity index is 517. The molecule has 0 aromatic heterocycles. The molecule has 6 heteroatoms. The fraction of sp³-hybridized carbons (Fsp3) is 0.385. The molecule has 19 heavy (non-hydrogen) atoms. The zero-order valence-corrected chi connectivity index (χ0v) is 10.9. The van der Waals surface area contributed by atoms with Gasteiger partial charge in [-0.3, -0.25) is 15.1 Å². The molecule has 1 heterocycles. The van der Waals surface area contributed by atoms with Crippen LogP contribution in [0.4, 0.5) is 4.39 Å². The minimum Gasteiger partial charge on any atom is -0.383 e. The minimum absolute atomic E-state index is 0.232. The lowest BCUT2D eigenvalue weighted by molar-refractivity contribution is -0.120. The fourth-order valence-corrected chi connectivity index (χ4v) is 1.90. The number of nitrogens with one attached hydrogen (secondary N) is 2. The Hall–Kier alpha value is -1.95. The Morgan fingerprint density at radius 3 is 3.00 bits per heavy atom. The molecule has 1 aromatic rings. The van der Waals surface area contributed by atoms with Gasteiger partial charge in [-0.2, -0.15) is 0 Å². The highest BCUT2D eigenvalue weighted by atomic mass is 19.1. The van der Waals surface area contributed by atoms with E-state index in [1.54, 1.807) is 13.2 Å². The van der Waals surface area contributed by atoms with Gasteiger partial charge < -0.3 is 10.1 Å². The van der Waals surface area contributed by atoms with Gasteiger partial charge in [0.1, 0.15) is 11.9 Å². The van der Waals surface area contributed by atoms with E-state index in [4.69, 9.17) is 4.74 Å². The average Bonchev–Trinajstić information content (AvgIpc) is 2.74. The normalized spacial score (nSPS) is 20.5. The number of amides is 1. The van der Waals surface area contributed by atoms with Crippen molar-refractivity contribution in [2.45, 2.75) is 13.0 Å². The van der Waals surface area contributed by atoms with Gasteiger partial charge in [0.15, 0.2) is 5.96 Å². The Morgan fingerprint density at radius 2 is 2.26 bits per heavy atom. The molecule has 1 saturated heterocycles. The second-order valence-corrected chi connectivity index (χ2v) is 4.29. The first-order valence-corrected chi connectivity index (χ1v) is 5.98. The first kappa shape index (κ1) is 13.5. The predicted octanol–water partition coefficient (Wildman–Crippen LogP) is 0.897. The van der Waals surface area contributed by atoms with E-state index in [1.165, 1.54) is 12.1 Å². The van der Waals surface area contributed by atoms with E-state index in [9.17, 15) is 9.18 Å². The lowest BCUT2D eigenvalue weighted by atomic mass is 10.0. The molecule has 1 fully saturated rings. The second kappa shape index (κ2) is 5.79. The van der Waals surface area contributed by atoms with Gasteiger partial charge in [-0.25, -0.2) is 4.39 Å². The number of guanidine groups is 1.